The maximum Gasteiger partial charge on any atom is 0.302 e. The Hall–Kier alpha value is -1.78. The summed E-state index contributed by atoms with van der Waals surface area (Å²) in [5, 5.41) is 0. The molecule has 0 aromatic carbocycles. The van der Waals surface area contributed by atoms with Gasteiger partial charge in [0, 0.05) is 32.7 Å². The van der Waals surface area contributed by atoms with E-state index in [1.165, 1.54) is 25.3 Å². The Kier molecular flexibility index (Phi) is 5.70. The Morgan fingerprint density at radius 2 is 1.89 bits per heavy atom. The fourth-order valence-electron chi connectivity index (χ4n) is 10.2. The molecule has 198 valence electrons. The van der Waals surface area contributed by atoms with Gasteiger partial charge >= 0.3 is 5.97 Å². The second-order valence-electron chi connectivity index (χ2n) is 13.7. The number of rotatable bonds is 2. The highest BCUT2D eigenvalue weighted by molar-refractivity contribution is 5.74. The lowest BCUT2D eigenvalue weighted by Crippen LogP contribution is -2.50. The Morgan fingerprint density at radius 1 is 1.11 bits per heavy atom. The molecular formula is C31H45NO4. The first-order valence-electron chi connectivity index (χ1n) is 14.5. The minimum atomic E-state index is -0.148. The second kappa shape index (κ2) is 8.36. The van der Waals surface area contributed by atoms with Crippen LogP contribution in [0.2, 0.25) is 0 Å². The molecule has 6 aliphatic rings. The number of nitrogens with zero attached hydrogens (tertiary/aromatic N) is 1. The van der Waals surface area contributed by atoms with Gasteiger partial charge in [-0.1, -0.05) is 32.4 Å². The average Bonchev–Trinajstić information content (AvgIpc) is 3.44. The maximum absolute atomic E-state index is 12.4. The van der Waals surface area contributed by atoms with Gasteiger partial charge < -0.3 is 14.4 Å². The van der Waals surface area contributed by atoms with Crippen molar-refractivity contribution in [3.63, 3.8) is 0 Å². The molecule has 5 nitrogen and oxygen atoms in total. The van der Waals surface area contributed by atoms with Crippen LogP contribution >= 0.6 is 0 Å². The Bertz CT molecular complexity index is 1030. The van der Waals surface area contributed by atoms with Crippen molar-refractivity contribution in [3.8, 4) is 0 Å². The fraction of sp³-hybridized carbons (Fsp3) is 0.806. The lowest BCUT2D eigenvalue weighted by atomic mass is 9.47. The Labute approximate surface area is 217 Å². The van der Waals surface area contributed by atoms with E-state index in [1.54, 1.807) is 12.5 Å². The lowest BCUT2D eigenvalue weighted by molar-refractivity contribution is -0.148. The molecule has 6 rings (SSSR count). The number of esters is 1. The smallest absolute Gasteiger partial charge is 0.302 e. The summed E-state index contributed by atoms with van der Waals surface area (Å²) in [5.74, 6) is 4.31. The summed E-state index contributed by atoms with van der Waals surface area (Å²) in [4.78, 5) is 26.0. The second-order valence-corrected chi connectivity index (χ2v) is 13.7. The highest BCUT2D eigenvalue weighted by atomic mass is 16.5. The molecule has 3 saturated carbocycles. The number of hydrogen-bond donors (Lipinski definition) is 0. The van der Waals surface area contributed by atoms with Crippen LogP contribution in [0.5, 0.6) is 0 Å². The first-order chi connectivity index (χ1) is 17.0. The van der Waals surface area contributed by atoms with E-state index in [4.69, 9.17) is 9.47 Å². The number of ether oxygens (including phenoxy) is 2. The summed E-state index contributed by atoms with van der Waals surface area (Å²) in [6.07, 6.45) is 11.8. The van der Waals surface area contributed by atoms with E-state index in [0.29, 0.717) is 23.7 Å². The molecule has 4 aliphatic carbocycles. The quantitative estimate of drug-likeness (QED) is 0.346. The molecular weight excluding hydrogens is 450 g/mol. The molecule has 1 amide bonds. The molecule has 0 aromatic rings. The van der Waals surface area contributed by atoms with Crippen molar-refractivity contribution in [2.24, 2.45) is 40.4 Å². The largest absolute Gasteiger partial charge is 0.492 e. The van der Waals surface area contributed by atoms with Gasteiger partial charge in [-0.25, -0.2) is 0 Å². The third-order valence-electron chi connectivity index (χ3n) is 11.7. The zero-order valence-electron chi connectivity index (χ0n) is 23.1. The lowest BCUT2D eigenvalue weighted by Gasteiger charge is -2.58. The van der Waals surface area contributed by atoms with Crippen LogP contribution in [-0.2, 0) is 19.1 Å². The van der Waals surface area contributed by atoms with Crippen LogP contribution in [0.3, 0.4) is 0 Å². The maximum atomic E-state index is 12.4. The summed E-state index contributed by atoms with van der Waals surface area (Å²) >= 11 is 0. The molecule has 0 aromatic heterocycles. The van der Waals surface area contributed by atoms with Crippen molar-refractivity contribution >= 4 is 11.9 Å². The van der Waals surface area contributed by atoms with Gasteiger partial charge in [-0.05, 0) is 91.9 Å². The number of likely N-dealkylation sites (tertiary alicyclic amines) is 1. The van der Waals surface area contributed by atoms with E-state index < -0.39 is 0 Å². The number of hydrogen-bond acceptors (Lipinski definition) is 4. The standard InChI is InChI=1S/C31H45NO4/c1-17-13-26(32(16-17)19(3)33)29-18(2)28-27(36-29)15-25-23-8-7-21-14-22(35-20(4)34)9-11-30(21,5)24(23)10-12-31(25,28)6/h7,17,22-28H,8-16H2,1-6H3/t17-,22-,23-,24+,25-,26+,27-,28-,30-,31-/m0/s1. The highest BCUT2D eigenvalue weighted by Crippen LogP contribution is 2.69. The third kappa shape index (κ3) is 3.46. The van der Waals surface area contributed by atoms with Crippen molar-refractivity contribution in [1.29, 1.82) is 0 Å². The first-order valence-corrected chi connectivity index (χ1v) is 14.5. The molecule has 2 aliphatic heterocycles. The van der Waals surface area contributed by atoms with Gasteiger partial charge in [-0.2, -0.15) is 0 Å². The molecule has 10 atom stereocenters. The van der Waals surface area contributed by atoms with Gasteiger partial charge in [-0.3, -0.25) is 9.59 Å². The highest BCUT2D eigenvalue weighted by Gasteiger charge is 2.64. The fourth-order valence-corrected chi connectivity index (χ4v) is 10.2. The number of carbonyl (C=O) groups excluding carboxylic acids is 2. The molecule has 4 fully saturated rings. The summed E-state index contributed by atoms with van der Waals surface area (Å²) < 4.78 is 12.5. The summed E-state index contributed by atoms with van der Waals surface area (Å²) in [7, 11) is 0. The van der Waals surface area contributed by atoms with Gasteiger partial charge in [0.15, 0.2) is 0 Å². The van der Waals surface area contributed by atoms with Crippen LogP contribution in [0.25, 0.3) is 0 Å². The van der Waals surface area contributed by atoms with Gasteiger partial charge in [0.25, 0.3) is 0 Å². The van der Waals surface area contributed by atoms with Gasteiger partial charge in [0.05, 0.1) is 6.04 Å². The Morgan fingerprint density at radius 3 is 2.61 bits per heavy atom. The van der Waals surface area contributed by atoms with Gasteiger partial charge in [0.2, 0.25) is 5.91 Å². The topological polar surface area (TPSA) is 55.8 Å². The molecule has 36 heavy (non-hydrogen) atoms. The molecule has 5 heteroatoms. The third-order valence-corrected chi connectivity index (χ3v) is 11.7. The number of carbonyl (C=O) groups is 2. The van der Waals surface area contributed by atoms with Crippen LogP contribution in [-0.4, -0.2) is 41.6 Å². The molecule has 2 heterocycles. The summed E-state index contributed by atoms with van der Waals surface area (Å²) in [6.45, 7) is 13.7. The monoisotopic (exact) mass is 495 g/mol. The molecule has 1 saturated heterocycles. The summed E-state index contributed by atoms with van der Waals surface area (Å²) in [6, 6.07) is 0.132. The van der Waals surface area contributed by atoms with Crippen LogP contribution in [0, 0.1) is 40.4 Å². The first kappa shape index (κ1) is 24.6. The van der Waals surface area contributed by atoms with Crippen molar-refractivity contribution in [2.75, 3.05) is 6.54 Å². The van der Waals surface area contributed by atoms with Crippen LogP contribution in [0.15, 0.2) is 23.0 Å². The molecule has 0 N–H and O–H groups in total. The van der Waals surface area contributed by atoms with Crippen molar-refractivity contribution in [1.82, 2.24) is 4.90 Å². The minimum Gasteiger partial charge on any atom is -0.492 e. The van der Waals surface area contributed by atoms with Gasteiger partial charge in [0.1, 0.15) is 18.0 Å². The zero-order chi connectivity index (χ0) is 25.6. The predicted octanol–water partition coefficient (Wildman–Crippen LogP) is 6.04. The van der Waals surface area contributed by atoms with E-state index in [1.807, 2.05) is 0 Å². The van der Waals surface area contributed by atoms with Crippen molar-refractivity contribution < 1.29 is 19.1 Å². The van der Waals surface area contributed by atoms with E-state index in [-0.39, 0.29) is 41.0 Å². The van der Waals surface area contributed by atoms with E-state index >= 15 is 0 Å². The number of amides is 1. The normalized spacial score (nSPS) is 47.4. The van der Waals surface area contributed by atoms with E-state index in [2.05, 4.69) is 38.7 Å². The van der Waals surface area contributed by atoms with E-state index in [9.17, 15) is 9.59 Å². The van der Waals surface area contributed by atoms with Gasteiger partial charge in [-0.15, -0.1) is 0 Å². The number of allylic oxidation sites excluding steroid dienone is 1. The molecule has 0 unspecified atom stereocenters. The van der Waals surface area contributed by atoms with Crippen LogP contribution in [0.1, 0.15) is 92.9 Å². The molecule has 0 spiro atoms. The zero-order valence-corrected chi connectivity index (χ0v) is 23.1. The summed E-state index contributed by atoms with van der Waals surface area (Å²) in [5.41, 5.74) is 3.52. The predicted molar refractivity (Wildman–Crippen MR) is 139 cm³/mol. The average molecular weight is 496 g/mol. The van der Waals surface area contributed by atoms with Crippen LogP contribution < -0.4 is 0 Å². The van der Waals surface area contributed by atoms with Crippen molar-refractivity contribution in [3.05, 3.63) is 23.0 Å². The number of fused-ring (bicyclic) bond motifs is 7. The molecule has 0 radical (unpaired) electrons. The Balaban J connectivity index is 1.25. The van der Waals surface area contributed by atoms with Crippen molar-refractivity contribution in [2.45, 2.75) is 111 Å². The SMILES string of the molecule is CC(=O)O[C@H]1CC[C@@]2(C)C(=CC[C@H]3[C@H]2CC[C@@]2(C)[C@H]3C[C@@H]3OC([C@H]4C[C@H](C)CN4C(C)=O)=C(C)[C@@H]32)C1. The van der Waals surface area contributed by atoms with Crippen LogP contribution in [0.4, 0.5) is 0 Å². The van der Waals surface area contributed by atoms with E-state index in [0.717, 1.165) is 56.7 Å². The molecule has 0 bridgehead atoms. The minimum absolute atomic E-state index is 0.0607.